The number of halogens is 1. The molecule has 0 aliphatic carbocycles. The van der Waals surface area contributed by atoms with Crippen molar-refractivity contribution in [2.45, 2.75) is 19.9 Å². The molecule has 1 N–H and O–H groups in total. The van der Waals surface area contributed by atoms with Gasteiger partial charge in [0.1, 0.15) is 12.1 Å². The third-order valence-electron chi connectivity index (χ3n) is 2.44. The van der Waals surface area contributed by atoms with E-state index in [0.717, 1.165) is 28.0 Å². The molecule has 0 unspecified atom stereocenters. The lowest BCUT2D eigenvalue weighted by molar-refractivity contribution is 0.746. The van der Waals surface area contributed by atoms with E-state index in [1.54, 1.807) is 12.5 Å². The van der Waals surface area contributed by atoms with Gasteiger partial charge in [0.15, 0.2) is 0 Å². The van der Waals surface area contributed by atoms with Gasteiger partial charge >= 0.3 is 0 Å². The number of rotatable bonds is 4. The number of nitrogens with zero attached hydrogens (tertiary/aromatic N) is 4. The minimum absolute atomic E-state index is 0.740. The molecule has 0 saturated carbocycles. The van der Waals surface area contributed by atoms with E-state index in [0.29, 0.717) is 0 Å². The van der Waals surface area contributed by atoms with Crippen molar-refractivity contribution in [3.05, 3.63) is 33.5 Å². The van der Waals surface area contributed by atoms with Gasteiger partial charge in [0.2, 0.25) is 0 Å². The van der Waals surface area contributed by atoms with Crippen molar-refractivity contribution in [2.24, 2.45) is 7.05 Å². The highest BCUT2D eigenvalue weighted by atomic mass is 127. The zero-order valence-electron chi connectivity index (χ0n) is 9.81. The summed E-state index contributed by atoms with van der Waals surface area (Å²) in [5.74, 6) is 0.867. The SMILES string of the molecule is CCc1nn(C)cc1CNc1ncncc1I. The van der Waals surface area contributed by atoms with Gasteiger partial charge in [-0.15, -0.1) is 0 Å². The molecule has 17 heavy (non-hydrogen) atoms. The average Bonchev–Trinajstić information content (AvgIpc) is 2.69. The highest BCUT2D eigenvalue weighted by Crippen LogP contribution is 2.15. The topological polar surface area (TPSA) is 55.6 Å². The average molecular weight is 343 g/mol. The van der Waals surface area contributed by atoms with Gasteiger partial charge in [0, 0.05) is 31.5 Å². The maximum Gasteiger partial charge on any atom is 0.143 e. The summed E-state index contributed by atoms with van der Waals surface area (Å²) in [4.78, 5) is 8.16. The Kier molecular flexibility index (Phi) is 3.93. The lowest BCUT2D eigenvalue weighted by Gasteiger charge is -2.06. The summed E-state index contributed by atoms with van der Waals surface area (Å²) in [6, 6.07) is 0. The van der Waals surface area contributed by atoms with Gasteiger partial charge in [-0.2, -0.15) is 5.10 Å². The molecular weight excluding hydrogens is 329 g/mol. The Labute approximate surface area is 114 Å². The molecule has 0 radical (unpaired) electrons. The van der Waals surface area contributed by atoms with E-state index < -0.39 is 0 Å². The zero-order chi connectivity index (χ0) is 12.3. The van der Waals surface area contributed by atoms with Crippen molar-refractivity contribution in [2.75, 3.05) is 5.32 Å². The molecule has 0 fully saturated rings. The Morgan fingerprint density at radius 2 is 2.29 bits per heavy atom. The number of hydrogen-bond acceptors (Lipinski definition) is 4. The maximum atomic E-state index is 4.41. The van der Waals surface area contributed by atoms with Gasteiger partial charge in [-0.3, -0.25) is 4.68 Å². The van der Waals surface area contributed by atoms with E-state index in [-0.39, 0.29) is 0 Å². The molecule has 0 bridgehead atoms. The van der Waals surface area contributed by atoms with Gasteiger partial charge in [-0.05, 0) is 29.0 Å². The van der Waals surface area contributed by atoms with E-state index in [1.807, 2.05) is 17.9 Å². The van der Waals surface area contributed by atoms with Crippen LogP contribution in [0.1, 0.15) is 18.2 Å². The second-order valence-electron chi connectivity index (χ2n) is 3.70. The van der Waals surface area contributed by atoms with Crippen LogP contribution < -0.4 is 5.32 Å². The van der Waals surface area contributed by atoms with E-state index in [1.165, 1.54) is 5.56 Å². The quantitative estimate of drug-likeness (QED) is 0.863. The van der Waals surface area contributed by atoms with Crippen LogP contribution in [0, 0.1) is 3.57 Å². The molecule has 2 aromatic rings. The number of nitrogens with one attached hydrogen (secondary N) is 1. The summed E-state index contributed by atoms with van der Waals surface area (Å²) in [5.41, 5.74) is 2.34. The van der Waals surface area contributed by atoms with Crippen LogP contribution in [0.4, 0.5) is 5.82 Å². The third-order valence-corrected chi connectivity index (χ3v) is 3.23. The van der Waals surface area contributed by atoms with Crippen LogP contribution in [0.15, 0.2) is 18.7 Å². The van der Waals surface area contributed by atoms with E-state index in [9.17, 15) is 0 Å². The molecule has 0 amide bonds. The minimum Gasteiger partial charge on any atom is -0.365 e. The smallest absolute Gasteiger partial charge is 0.143 e. The molecule has 6 heteroatoms. The molecule has 5 nitrogen and oxygen atoms in total. The Hall–Kier alpha value is -1.18. The largest absolute Gasteiger partial charge is 0.365 e. The number of aromatic nitrogens is 4. The minimum atomic E-state index is 0.740. The van der Waals surface area contributed by atoms with E-state index >= 15 is 0 Å². The second kappa shape index (κ2) is 5.44. The predicted molar refractivity (Wildman–Crippen MR) is 74.7 cm³/mol. The summed E-state index contributed by atoms with van der Waals surface area (Å²) >= 11 is 2.22. The summed E-state index contributed by atoms with van der Waals surface area (Å²) in [7, 11) is 1.94. The highest BCUT2D eigenvalue weighted by molar-refractivity contribution is 14.1. The van der Waals surface area contributed by atoms with Gasteiger partial charge in [-0.1, -0.05) is 6.92 Å². The lowest BCUT2D eigenvalue weighted by atomic mass is 10.2. The van der Waals surface area contributed by atoms with Crippen molar-refractivity contribution in [1.29, 1.82) is 0 Å². The molecule has 90 valence electrons. The van der Waals surface area contributed by atoms with Crippen LogP contribution in [0.3, 0.4) is 0 Å². The van der Waals surface area contributed by atoms with Crippen LogP contribution in [-0.4, -0.2) is 19.7 Å². The first-order valence-corrected chi connectivity index (χ1v) is 6.49. The molecular formula is C11H14IN5. The molecule has 2 heterocycles. The number of aryl methyl sites for hydroxylation is 2. The van der Waals surface area contributed by atoms with Crippen molar-refractivity contribution in [1.82, 2.24) is 19.7 Å². The fourth-order valence-electron chi connectivity index (χ4n) is 1.65. The van der Waals surface area contributed by atoms with Crippen LogP contribution in [0.2, 0.25) is 0 Å². The number of anilines is 1. The van der Waals surface area contributed by atoms with Crippen molar-refractivity contribution < 1.29 is 0 Å². The maximum absolute atomic E-state index is 4.41. The second-order valence-corrected chi connectivity index (χ2v) is 4.86. The highest BCUT2D eigenvalue weighted by Gasteiger charge is 2.06. The molecule has 0 aliphatic rings. The number of hydrogen-bond donors (Lipinski definition) is 1. The Morgan fingerprint density at radius 1 is 1.47 bits per heavy atom. The van der Waals surface area contributed by atoms with Crippen molar-refractivity contribution in [3.63, 3.8) is 0 Å². The van der Waals surface area contributed by atoms with Gasteiger partial charge < -0.3 is 5.32 Å². The first-order valence-electron chi connectivity index (χ1n) is 5.41. The standard InChI is InChI=1S/C11H14IN5/c1-3-10-8(6-17(2)16-10)4-14-11-9(12)5-13-7-15-11/h5-7H,3-4H2,1-2H3,(H,13,14,15). The summed E-state index contributed by atoms with van der Waals surface area (Å²) in [5, 5.41) is 7.71. The molecule has 2 rings (SSSR count). The van der Waals surface area contributed by atoms with E-state index in [4.69, 9.17) is 0 Å². The third kappa shape index (κ3) is 2.93. The van der Waals surface area contributed by atoms with Crippen molar-refractivity contribution in [3.8, 4) is 0 Å². The molecule has 0 aromatic carbocycles. The summed E-state index contributed by atoms with van der Waals surface area (Å²) in [6.07, 6.45) is 6.33. The van der Waals surface area contributed by atoms with Crippen LogP contribution in [0.25, 0.3) is 0 Å². The molecule has 2 aromatic heterocycles. The Morgan fingerprint density at radius 3 is 3.00 bits per heavy atom. The fraction of sp³-hybridized carbons (Fsp3) is 0.364. The van der Waals surface area contributed by atoms with E-state index in [2.05, 4.69) is 49.9 Å². The zero-order valence-corrected chi connectivity index (χ0v) is 12.0. The Balaban J connectivity index is 2.09. The first-order chi connectivity index (χ1) is 8.20. The van der Waals surface area contributed by atoms with Gasteiger partial charge in [-0.25, -0.2) is 9.97 Å². The summed E-state index contributed by atoms with van der Waals surface area (Å²) < 4.78 is 2.87. The molecule has 0 spiro atoms. The fourth-order valence-corrected chi connectivity index (χ4v) is 2.14. The summed E-state index contributed by atoms with van der Waals surface area (Å²) in [6.45, 7) is 2.85. The monoisotopic (exact) mass is 343 g/mol. The molecule has 0 atom stereocenters. The van der Waals surface area contributed by atoms with Gasteiger partial charge in [0.05, 0.1) is 9.26 Å². The lowest BCUT2D eigenvalue weighted by Crippen LogP contribution is -2.04. The Bertz CT molecular complexity index is 508. The van der Waals surface area contributed by atoms with Gasteiger partial charge in [0.25, 0.3) is 0 Å². The molecule has 0 saturated heterocycles. The first kappa shape index (κ1) is 12.3. The molecule has 0 aliphatic heterocycles. The van der Waals surface area contributed by atoms with Crippen LogP contribution in [0.5, 0.6) is 0 Å². The van der Waals surface area contributed by atoms with Crippen LogP contribution in [-0.2, 0) is 20.0 Å². The normalized spacial score (nSPS) is 10.5. The van der Waals surface area contributed by atoms with Crippen LogP contribution >= 0.6 is 22.6 Å². The predicted octanol–water partition coefficient (Wildman–Crippen LogP) is 1.99. The van der Waals surface area contributed by atoms with Crippen molar-refractivity contribution >= 4 is 28.4 Å².